The van der Waals surface area contributed by atoms with Crippen molar-refractivity contribution in [2.24, 2.45) is 0 Å². The lowest BCUT2D eigenvalue weighted by molar-refractivity contribution is -0.880. The fourth-order valence-electron chi connectivity index (χ4n) is 3.71. The van der Waals surface area contributed by atoms with Crippen LogP contribution in [0.4, 0.5) is 5.82 Å². The molecule has 2 aromatic heterocycles. The molecule has 0 aliphatic carbocycles. The van der Waals surface area contributed by atoms with E-state index in [1.807, 2.05) is 0 Å². The molecule has 4 rings (SSSR count). The summed E-state index contributed by atoms with van der Waals surface area (Å²) >= 11 is 0. The van der Waals surface area contributed by atoms with Crippen molar-refractivity contribution in [2.75, 3.05) is 38.1 Å². The van der Waals surface area contributed by atoms with Crippen LogP contribution in [0.15, 0.2) is 36.4 Å². The lowest BCUT2D eigenvalue weighted by Gasteiger charge is -2.32. The van der Waals surface area contributed by atoms with Gasteiger partial charge in [0, 0.05) is 17.3 Å². The zero-order valence-electron chi connectivity index (χ0n) is 16.2. The zero-order chi connectivity index (χ0) is 18.3. The molecule has 3 heterocycles. The fourth-order valence-corrected chi connectivity index (χ4v) is 3.71. The van der Waals surface area contributed by atoms with E-state index < -0.39 is 0 Å². The van der Waals surface area contributed by atoms with Crippen molar-refractivity contribution >= 4 is 11.5 Å². The largest absolute Gasteiger partial charge is 0.345 e. The number of nitrogens with zero attached hydrogens (tertiary/aromatic N) is 4. The first kappa shape index (κ1) is 17.0. The number of aromatic nitrogens is 3. The Kier molecular flexibility index (Phi) is 4.41. The van der Waals surface area contributed by atoms with E-state index in [9.17, 15) is 0 Å². The summed E-state index contributed by atoms with van der Waals surface area (Å²) in [5.74, 6) is 1.56. The maximum absolute atomic E-state index is 5.01. The van der Waals surface area contributed by atoms with Gasteiger partial charge in [0.05, 0.1) is 38.9 Å². The van der Waals surface area contributed by atoms with Crippen molar-refractivity contribution < 1.29 is 4.90 Å². The average molecular weight is 350 g/mol. The van der Waals surface area contributed by atoms with Gasteiger partial charge in [0.1, 0.15) is 5.82 Å². The molecule has 5 nitrogen and oxygen atoms in total. The Balaban J connectivity index is 1.92. The van der Waals surface area contributed by atoms with Gasteiger partial charge in [-0.2, -0.15) is 9.61 Å². The van der Waals surface area contributed by atoms with Crippen LogP contribution < -0.4 is 9.80 Å². The van der Waals surface area contributed by atoms with Crippen LogP contribution in [0.5, 0.6) is 0 Å². The second kappa shape index (κ2) is 6.72. The number of anilines is 1. The monoisotopic (exact) mass is 350 g/mol. The molecule has 136 valence electrons. The highest BCUT2D eigenvalue weighted by Gasteiger charge is 2.23. The maximum Gasteiger partial charge on any atom is 0.165 e. The van der Waals surface area contributed by atoms with Crippen LogP contribution in [0, 0.1) is 6.92 Å². The van der Waals surface area contributed by atoms with Gasteiger partial charge >= 0.3 is 0 Å². The summed E-state index contributed by atoms with van der Waals surface area (Å²) in [5, 5.41) is 4.89. The van der Waals surface area contributed by atoms with Crippen LogP contribution >= 0.6 is 0 Å². The number of rotatable bonds is 3. The number of aryl methyl sites for hydroxylation is 1. The van der Waals surface area contributed by atoms with Gasteiger partial charge in [-0.3, -0.25) is 0 Å². The highest BCUT2D eigenvalue weighted by atomic mass is 15.4. The van der Waals surface area contributed by atoms with Crippen molar-refractivity contribution in [1.29, 1.82) is 0 Å². The molecule has 0 spiro atoms. The van der Waals surface area contributed by atoms with E-state index in [0.29, 0.717) is 5.92 Å². The molecule has 0 atom stereocenters. The minimum atomic E-state index is 0.385. The molecule has 0 amide bonds. The normalized spacial score (nSPS) is 16.0. The van der Waals surface area contributed by atoms with Crippen LogP contribution in [0.2, 0.25) is 0 Å². The van der Waals surface area contributed by atoms with Crippen molar-refractivity contribution in [3.8, 4) is 11.1 Å². The van der Waals surface area contributed by atoms with E-state index in [1.165, 1.54) is 11.4 Å². The van der Waals surface area contributed by atoms with Crippen molar-refractivity contribution in [2.45, 2.75) is 26.7 Å². The van der Waals surface area contributed by atoms with Gasteiger partial charge in [-0.25, -0.2) is 4.98 Å². The second-order valence-electron chi connectivity index (χ2n) is 7.70. The van der Waals surface area contributed by atoms with Gasteiger partial charge in [-0.1, -0.05) is 44.2 Å². The minimum absolute atomic E-state index is 0.385. The fraction of sp³-hybridized carbons (Fsp3) is 0.429. The summed E-state index contributed by atoms with van der Waals surface area (Å²) in [7, 11) is 2.27. The predicted molar refractivity (Wildman–Crippen MR) is 106 cm³/mol. The molecular weight excluding hydrogens is 322 g/mol. The lowest BCUT2D eigenvalue weighted by atomic mass is 10.1. The number of hydrogen-bond acceptors (Lipinski definition) is 3. The Morgan fingerprint density at radius 1 is 1.08 bits per heavy atom. The first-order valence-corrected chi connectivity index (χ1v) is 9.56. The summed E-state index contributed by atoms with van der Waals surface area (Å²) in [6.07, 6.45) is 0. The Morgan fingerprint density at radius 2 is 1.77 bits per heavy atom. The molecule has 0 bridgehead atoms. The van der Waals surface area contributed by atoms with E-state index >= 15 is 0 Å². The molecule has 1 aliphatic rings. The highest BCUT2D eigenvalue weighted by Crippen LogP contribution is 2.31. The molecule has 1 aliphatic heterocycles. The standard InChI is InChI=1S/C21H27N5/c1-15(2)18-14-19(25-12-10-24(4)11-13-25)26-21(22-18)20(16(3)23-26)17-8-6-5-7-9-17/h5-9,14-15H,10-13H2,1-4H3/p+1. The highest BCUT2D eigenvalue weighted by molar-refractivity contribution is 5.81. The molecule has 0 unspecified atom stereocenters. The van der Waals surface area contributed by atoms with Crippen LogP contribution in [0.3, 0.4) is 0 Å². The minimum Gasteiger partial charge on any atom is -0.345 e. The summed E-state index contributed by atoms with van der Waals surface area (Å²) in [5.41, 5.74) is 5.47. The Morgan fingerprint density at radius 3 is 2.42 bits per heavy atom. The molecule has 3 aromatic rings. The van der Waals surface area contributed by atoms with Gasteiger partial charge in [0.2, 0.25) is 0 Å². The Labute approximate surface area is 155 Å². The molecule has 0 radical (unpaired) electrons. The van der Waals surface area contributed by atoms with E-state index in [-0.39, 0.29) is 0 Å². The number of quaternary nitrogens is 1. The van der Waals surface area contributed by atoms with Crippen LogP contribution in [-0.2, 0) is 0 Å². The van der Waals surface area contributed by atoms with E-state index in [0.717, 1.165) is 48.8 Å². The van der Waals surface area contributed by atoms with Crippen molar-refractivity contribution in [3.05, 3.63) is 47.8 Å². The molecule has 0 saturated carbocycles. The van der Waals surface area contributed by atoms with Crippen LogP contribution in [-0.4, -0.2) is 47.8 Å². The molecule has 1 N–H and O–H groups in total. The molecule has 1 saturated heterocycles. The Bertz CT molecular complexity index is 905. The van der Waals surface area contributed by atoms with Crippen LogP contribution in [0.1, 0.15) is 31.2 Å². The first-order chi connectivity index (χ1) is 12.5. The van der Waals surface area contributed by atoms with E-state index in [2.05, 4.69) is 73.6 Å². The third-order valence-corrected chi connectivity index (χ3v) is 5.36. The smallest absolute Gasteiger partial charge is 0.165 e. The number of piperazine rings is 1. The van der Waals surface area contributed by atoms with Gasteiger partial charge in [0.15, 0.2) is 5.65 Å². The van der Waals surface area contributed by atoms with E-state index in [4.69, 9.17) is 10.1 Å². The number of nitrogens with one attached hydrogen (secondary N) is 1. The van der Waals surface area contributed by atoms with E-state index in [1.54, 1.807) is 4.90 Å². The molecule has 5 heteroatoms. The summed E-state index contributed by atoms with van der Waals surface area (Å²) in [4.78, 5) is 9.07. The summed E-state index contributed by atoms with van der Waals surface area (Å²) in [6, 6.07) is 12.7. The topological polar surface area (TPSA) is 37.9 Å². The average Bonchev–Trinajstić information content (AvgIpc) is 2.98. The number of benzene rings is 1. The van der Waals surface area contributed by atoms with Gasteiger partial charge in [-0.05, 0) is 18.4 Å². The molecular formula is C21H28N5+. The second-order valence-corrected chi connectivity index (χ2v) is 7.70. The van der Waals surface area contributed by atoms with Crippen molar-refractivity contribution in [1.82, 2.24) is 14.6 Å². The molecule has 1 fully saturated rings. The number of likely N-dealkylation sites (N-methyl/N-ethyl adjacent to an activating group) is 1. The quantitative estimate of drug-likeness (QED) is 0.787. The Hall–Kier alpha value is -2.40. The predicted octanol–water partition coefficient (Wildman–Crippen LogP) is 2.16. The SMILES string of the molecule is Cc1nn2c(N3CC[NH+](C)CC3)cc(C(C)C)nc2c1-c1ccccc1. The van der Waals surface area contributed by atoms with Crippen molar-refractivity contribution in [3.63, 3.8) is 0 Å². The summed E-state index contributed by atoms with van der Waals surface area (Å²) in [6.45, 7) is 10.9. The molecule has 1 aromatic carbocycles. The lowest BCUT2D eigenvalue weighted by Crippen LogP contribution is -3.12. The molecule has 26 heavy (non-hydrogen) atoms. The van der Waals surface area contributed by atoms with Gasteiger partial charge < -0.3 is 9.80 Å². The number of hydrogen-bond donors (Lipinski definition) is 1. The number of fused-ring (bicyclic) bond motifs is 1. The van der Waals surface area contributed by atoms with Gasteiger partial charge in [-0.15, -0.1) is 0 Å². The third kappa shape index (κ3) is 2.97. The third-order valence-electron chi connectivity index (χ3n) is 5.36. The van der Waals surface area contributed by atoms with Crippen LogP contribution in [0.25, 0.3) is 16.8 Å². The maximum atomic E-state index is 5.01. The summed E-state index contributed by atoms with van der Waals surface area (Å²) < 4.78 is 2.06. The zero-order valence-corrected chi connectivity index (χ0v) is 16.2. The first-order valence-electron chi connectivity index (χ1n) is 9.56. The van der Waals surface area contributed by atoms with Gasteiger partial charge in [0.25, 0.3) is 0 Å².